The first-order chi connectivity index (χ1) is 9.59. The summed E-state index contributed by atoms with van der Waals surface area (Å²) in [4.78, 5) is 35.7. The quantitative estimate of drug-likeness (QED) is 0.233. The molecular weight excluding hydrogens is 330 g/mol. The number of nitrogens with zero attached hydrogens (tertiary/aromatic N) is 1. The van der Waals surface area contributed by atoms with Crippen LogP contribution in [0.5, 0.6) is 0 Å². The average molecular weight is 342 g/mol. The normalized spacial score (nSPS) is 14.4. The Morgan fingerprint density at radius 3 is 2.52 bits per heavy atom. The van der Waals surface area contributed by atoms with Gasteiger partial charge in [0, 0.05) is 24.4 Å². The molecule has 0 bridgehead atoms. The van der Waals surface area contributed by atoms with E-state index in [9.17, 15) is 19.2 Å². The largest absolute Gasteiger partial charge is 0.481 e. The van der Waals surface area contributed by atoms with Crippen molar-refractivity contribution < 1.29 is 37.6 Å². The van der Waals surface area contributed by atoms with E-state index in [-0.39, 0.29) is 12.2 Å². The van der Waals surface area contributed by atoms with Crippen LogP contribution in [0.4, 0.5) is 11.4 Å². The minimum atomic E-state index is -5.15. The molecule has 0 spiro atoms. The number of benzene rings is 1. The van der Waals surface area contributed by atoms with Gasteiger partial charge in [-0.2, -0.15) is 4.31 Å². The van der Waals surface area contributed by atoms with Crippen molar-refractivity contribution in [1.29, 1.82) is 0 Å². The molecule has 1 aromatic rings. The number of anilines is 1. The molecule has 1 atom stereocenters. The van der Waals surface area contributed by atoms with Crippen molar-refractivity contribution in [2.75, 3.05) is 18.5 Å². The molecule has 4 N–H and O–H groups in total. The van der Waals surface area contributed by atoms with E-state index >= 15 is 0 Å². The average Bonchev–Trinajstić information content (AvgIpc) is 2.32. The first-order valence-corrected chi connectivity index (χ1v) is 8.34. The van der Waals surface area contributed by atoms with Gasteiger partial charge >= 0.3 is 15.6 Å². The van der Waals surface area contributed by atoms with Crippen molar-refractivity contribution in [3.05, 3.63) is 34.4 Å². The third-order valence-electron chi connectivity index (χ3n) is 1.95. The molecule has 0 aliphatic carbocycles. The number of phosphoric ester groups is 1. The van der Waals surface area contributed by atoms with E-state index in [1.165, 1.54) is 24.3 Å². The van der Waals surface area contributed by atoms with Gasteiger partial charge in [0.25, 0.3) is 5.69 Å². The minimum Gasteiger partial charge on any atom is -0.383 e. The number of rotatable bonds is 8. The number of nitrogens with one attached hydrogen (secondary N) is 1. The van der Waals surface area contributed by atoms with Gasteiger partial charge in [-0.25, -0.2) is 9.13 Å². The molecule has 21 heavy (non-hydrogen) atoms. The highest BCUT2D eigenvalue weighted by molar-refractivity contribution is 7.60. The number of nitro groups is 1. The minimum absolute atomic E-state index is 0.0454. The molecule has 118 valence electrons. The standard InChI is InChI=1S/C8H12N2O9P2/c11-10(12)8-3-1-2-7(6-8)9-4-5-18-21(16,17)19-20(13,14)15/h1-3,6,9H,4-5H2,(H,16,17)(H2,13,14,15). The lowest BCUT2D eigenvalue weighted by Gasteiger charge is -2.12. The molecule has 0 aliphatic heterocycles. The predicted octanol–water partition coefficient (Wildman–Crippen LogP) is 1.23. The van der Waals surface area contributed by atoms with Crippen molar-refractivity contribution in [3.63, 3.8) is 0 Å². The van der Waals surface area contributed by atoms with Crippen LogP contribution in [0.3, 0.4) is 0 Å². The van der Waals surface area contributed by atoms with Crippen molar-refractivity contribution in [3.8, 4) is 0 Å². The maximum atomic E-state index is 11.1. The summed E-state index contributed by atoms with van der Waals surface area (Å²) in [5.74, 6) is 0. The number of non-ortho nitro benzene ring substituents is 1. The maximum Gasteiger partial charge on any atom is 0.481 e. The van der Waals surface area contributed by atoms with Crippen LogP contribution in [0.1, 0.15) is 0 Å². The zero-order valence-corrected chi connectivity index (χ0v) is 12.1. The van der Waals surface area contributed by atoms with Crippen molar-refractivity contribution >= 4 is 27.0 Å². The van der Waals surface area contributed by atoms with Gasteiger partial charge in [0.15, 0.2) is 0 Å². The van der Waals surface area contributed by atoms with Gasteiger partial charge in [-0.3, -0.25) is 14.6 Å². The molecule has 1 aromatic carbocycles. The molecule has 11 nitrogen and oxygen atoms in total. The molecule has 1 rings (SSSR count). The molecule has 0 heterocycles. The maximum absolute atomic E-state index is 11.1. The Hall–Kier alpha value is -1.32. The van der Waals surface area contributed by atoms with Crippen LogP contribution >= 0.6 is 15.6 Å². The molecule has 0 saturated carbocycles. The fourth-order valence-electron chi connectivity index (χ4n) is 1.24. The second kappa shape index (κ2) is 7.10. The lowest BCUT2D eigenvalue weighted by atomic mass is 10.3. The van der Waals surface area contributed by atoms with Gasteiger partial charge in [-0.1, -0.05) is 6.07 Å². The van der Waals surface area contributed by atoms with Crippen molar-refractivity contribution in [2.45, 2.75) is 0 Å². The van der Waals surface area contributed by atoms with Crippen LogP contribution in [0.25, 0.3) is 0 Å². The molecular formula is C8H12N2O9P2. The molecule has 0 amide bonds. The lowest BCUT2D eigenvalue weighted by molar-refractivity contribution is -0.384. The highest BCUT2D eigenvalue weighted by Crippen LogP contribution is 2.57. The summed E-state index contributed by atoms with van der Waals surface area (Å²) in [5, 5.41) is 13.2. The molecule has 0 fully saturated rings. The van der Waals surface area contributed by atoms with E-state index in [0.717, 1.165) is 0 Å². The van der Waals surface area contributed by atoms with E-state index < -0.39 is 27.2 Å². The Bertz CT molecular complexity index is 601. The Morgan fingerprint density at radius 1 is 1.29 bits per heavy atom. The Balaban J connectivity index is 2.44. The first kappa shape index (κ1) is 17.7. The molecule has 0 radical (unpaired) electrons. The number of nitro benzene ring substituents is 1. The molecule has 0 saturated heterocycles. The van der Waals surface area contributed by atoms with Gasteiger partial charge in [0.2, 0.25) is 0 Å². The fourth-order valence-corrected chi connectivity index (χ4v) is 2.83. The summed E-state index contributed by atoms with van der Waals surface area (Å²) in [6, 6.07) is 5.50. The third-order valence-corrected chi connectivity index (χ3v) is 4.14. The van der Waals surface area contributed by atoms with Crippen LogP contribution in [-0.4, -0.2) is 32.8 Å². The van der Waals surface area contributed by atoms with Gasteiger partial charge in [-0.15, -0.1) is 0 Å². The lowest BCUT2D eigenvalue weighted by Crippen LogP contribution is -2.09. The molecule has 13 heteroatoms. The predicted molar refractivity (Wildman–Crippen MR) is 70.5 cm³/mol. The Labute approximate surface area is 118 Å². The summed E-state index contributed by atoms with van der Waals surface area (Å²) < 4.78 is 29.3. The summed E-state index contributed by atoms with van der Waals surface area (Å²) in [5.41, 5.74) is 0.232. The smallest absolute Gasteiger partial charge is 0.383 e. The zero-order chi connectivity index (χ0) is 16.1. The van der Waals surface area contributed by atoms with Crippen LogP contribution in [0.15, 0.2) is 24.3 Å². The van der Waals surface area contributed by atoms with E-state index in [2.05, 4.69) is 14.2 Å². The van der Waals surface area contributed by atoms with Crippen LogP contribution in [0.2, 0.25) is 0 Å². The van der Waals surface area contributed by atoms with E-state index in [1.807, 2.05) is 0 Å². The molecule has 0 aromatic heterocycles. The van der Waals surface area contributed by atoms with Crippen LogP contribution < -0.4 is 5.32 Å². The Morgan fingerprint density at radius 2 is 1.95 bits per heavy atom. The Kier molecular flexibility index (Phi) is 5.99. The number of phosphoric acid groups is 2. The topological polar surface area (TPSA) is 168 Å². The summed E-state index contributed by atoms with van der Waals surface area (Å²) in [6.07, 6.45) is 0. The SMILES string of the molecule is O=[N+]([O-])c1cccc(NCCOP(=O)(O)OP(=O)(O)O)c1. The van der Waals surface area contributed by atoms with Crippen LogP contribution in [0, 0.1) is 10.1 Å². The first-order valence-electron chi connectivity index (χ1n) is 5.32. The summed E-state index contributed by atoms with van der Waals surface area (Å²) in [7, 11) is -10.0. The van der Waals surface area contributed by atoms with Crippen LogP contribution in [-0.2, 0) is 18.0 Å². The zero-order valence-electron chi connectivity index (χ0n) is 10.4. The van der Waals surface area contributed by atoms with Gasteiger partial charge in [0.1, 0.15) is 0 Å². The van der Waals surface area contributed by atoms with E-state index in [4.69, 9.17) is 14.7 Å². The van der Waals surface area contributed by atoms with Gasteiger partial charge in [0.05, 0.1) is 11.5 Å². The highest BCUT2D eigenvalue weighted by Gasteiger charge is 2.31. The number of hydrogen-bond donors (Lipinski definition) is 4. The molecule has 1 unspecified atom stereocenters. The van der Waals surface area contributed by atoms with Crippen molar-refractivity contribution in [1.82, 2.24) is 0 Å². The monoisotopic (exact) mass is 342 g/mol. The number of hydrogen-bond acceptors (Lipinski definition) is 7. The summed E-state index contributed by atoms with van der Waals surface area (Å²) >= 11 is 0. The van der Waals surface area contributed by atoms with Crippen molar-refractivity contribution in [2.24, 2.45) is 0 Å². The van der Waals surface area contributed by atoms with E-state index in [1.54, 1.807) is 0 Å². The van der Waals surface area contributed by atoms with Gasteiger partial charge < -0.3 is 20.0 Å². The summed E-state index contributed by atoms with van der Waals surface area (Å²) in [6.45, 7) is -0.466. The second-order valence-electron chi connectivity index (χ2n) is 3.61. The third kappa shape index (κ3) is 7.30. The van der Waals surface area contributed by atoms with E-state index in [0.29, 0.717) is 5.69 Å². The second-order valence-corrected chi connectivity index (χ2v) is 6.44. The highest BCUT2D eigenvalue weighted by atomic mass is 31.3. The fraction of sp³-hybridized carbons (Fsp3) is 0.250. The molecule has 0 aliphatic rings. The van der Waals surface area contributed by atoms with Gasteiger partial charge in [-0.05, 0) is 6.07 Å².